The minimum atomic E-state index is 0.0886. The monoisotopic (exact) mass is 680 g/mol. The first kappa shape index (κ1) is 33.2. The fourth-order valence-electron chi connectivity index (χ4n) is 5.48. The zero-order valence-electron chi connectivity index (χ0n) is 26.8. The number of benzene rings is 4. The maximum absolute atomic E-state index is 9.13. The van der Waals surface area contributed by atoms with E-state index in [-0.39, 0.29) is 11.1 Å². The number of anilines is 4. The topological polar surface area (TPSA) is 102 Å². The number of allylic oxidation sites excluding steroid dienone is 2. The minimum Gasteiger partial charge on any atom is -0.340 e. The lowest BCUT2D eigenvalue weighted by molar-refractivity contribution is 0.886. The van der Waals surface area contributed by atoms with Crippen molar-refractivity contribution in [1.82, 2.24) is 0 Å². The molecule has 0 aliphatic heterocycles. The fourth-order valence-corrected chi connectivity index (χ4v) is 7.39. The highest BCUT2D eigenvalue weighted by atomic mass is 32.1. The number of nitriles is 4. The second-order valence-corrected chi connectivity index (χ2v) is 13.3. The summed E-state index contributed by atoms with van der Waals surface area (Å²) in [6.45, 7) is 1.42. The van der Waals surface area contributed by atoms with Gasteiger partial charge in [-0.25, -0.2) is 0 Å². The number of nitrogens with zero attached hydrogens (tertiary/aromatic N) is 6. The van der Waals surface area contributed by atoms with Gasteiger partial charge in [-0.15, -0.1) is 22.7 Å². The summed E-state index contributed by atoms with van der Waals surface area (Å²) in [7, 11) is 0. The molecule has 0 atom stereocenters. The summed E-state index contributed by atoms with van der Waals surface area (Å²) in [5, 5.41) is 36.5. The average molecular weight is 681 g/mol. The normalized spacial score (nSPS) is 10.1. The van der Waals surface area contributed by atoms with Gasteiger partial charge in [-0.3, -0.25) is 0 Å². The van der Waals surface area contributed by atoms with Crippen molar-refractivity contribution in [2.24, 2.45) is 0 Å². The molecule has 6 aromatic rings. The second kappa shape index (κ2) is 15.9. The molecule has 6 nitrogen and oxygen atoms in total. The summed E-state index contributed by atoms with van der Waals surface area (Å²) in [6.07, 6.45) is 3.23. The van der Waals surface area contributed by atoms with Crippen molar-refractivity contribution < 1.29 is 0 Å². The molecule has 0 saturated heterocycles. The summed E-state index contributed by atoms with van der Waals surface area (Å²) >= 11 is 3.09. The van der Waals surface area contributed by atoms with Gasteiger partial charge in [0.1, 0.15) is 35.4 Å². The molecule has 0 amide bonds. The van der Waals surface area contributed by atoms with E-state index in [9.17, 15) is 0 Å². The number of para-hydroxylation sites is 2. The van der Waals surface area contributed by atoms with Gasteiger partial charge in [0.2, 0.25) is 0 Å². The second-order valence-electron chi connectivity index (χ2n) is 11.0. The van der Waals surface area contributed by atoms with Crippen molar-refractivity contribution in [1.29, 1.82) is 21.0 Å². The molecule has 2 heterocycles. The Morgan fingerprint density at radius 3 is 1.12 bits per heavy atom. The molecule has 8 heteroatoms. The molecule has 50 heavy (non-hydrogen) atoms. The predicted molar refractivity (Wildman–Crippen MR) is 205 cm³/mol. The zero-order valence-corrected chi connectivity index (χ0v) is 28.4. The van der Waals surface area contributed by atoms with Crippen LogP contribution in [0.1, 0.15) is 9.75 Å². The van der Waals surface area contributed by atoms with Crippen LogP contribution < -0.4 is 9.80 Å². The molecule has 0 fully saturated rings. The van der Waals surface area contributed by atoms with Gasteiger partial charge >= 0.3 is 0 Å². The fraction of sp³-hybridized carbons (Fsp3) is 0.0476. The van der Waals surface area contributed by atoms with Gasteiger partial charge in [0.15, 0.2) is 0 Å². The van der Waals surface area contributed by atoms with Crippen LogP contribution in [0, 0.1) is 45.3 Å². The SMILES string of the molecule is N#CC(C#N)=Cc1ccc(-c2ccc(N(CCN(c3ccccc3)c3ccc(-c4ccc(C=C(C#N)C#N)s4)cc3)c3ccccc3)cc2)s1. The lowest BCUT2D eigenvalue weighted by Crippen LogP contribution is -2.30. The average Bonchev–Trinajstić information content (AvgIpc) is 3.86. The highest BCUT2D eigenvalue weighted by Gasteiger charge is 2.16. The Kier molecular flexibility index (Phi) is 10.6. The highest BCUT2D eigenvalue weighted by Crippen LogP contribution is 2.35. The van der Waals surface area contributed by atoms with Crippen LogP contribution in [0.3, 0.4) is 0 Å². The minimum absolute atomic E-state index is 0.0886. The first-order chi connectivity index (χ1) is 24.6. The summed E-state index contributed by atoms with van der Waals surface area (Å²) in [6, 6.07) is 53.3. The van der Waals surface area contributed by atoms with E-state index in [1.165, 1.54) is 0 Å². The van der Waals surface area contributed by atoms with Crippen molar-refractivity contribution in [2.45, 2.75) is 0 Å². The van der Waals surface area contributed by atoms with E-state index >= 15 is 0 Å². The van der Waals surface area contributed by atoms with Gasteiger partial charge in [-0.1, -0.05) is 60.7 Å². The molecular formula is C42H28N6S2. The molecule has 0 bridgehead atoms. The molecule has 238 valence electrons. The van der Waals surface area contributed by atoms with Crippen LogP contribution in [0.5, 0.6) is 0 Å². The van der Waals surface area contributed by atoms with Gasteiger partial charge in [-0.05, 0) is 96.1 Å². The van der Waals surface area contributed by atoms with E-state index in [1.807, 2.05) is 60.7 Å². The van der Waals surface area contributed by atoms with E-state index in [4.69, 9.17) is 21.0 Å². The number of rotatable bonds is 11. The van der Waals surface area contributed by atoms with Crippen LogP contribution in [0.15, 0.2) is 145 Å². The Bertz CT molecular complexity index is 2110. The molecule has 0 aliphatic carbocycles. The van der Waals surface area contributed by atoms with Crippen LogP contribution in [-0.2, 0) is 0 Å². The smallest absolute Gasteiger partial charge is 0.131 e. The molecule has 4 aromatic carbocycles. The maximum Gasteiger partial charge on any atom is 0.131 e. The van der Waals surface area contributed by atoms with Gasteiger partial charge < -0.3 is 9.80 Å². The predicted octanol–water partition coefficient (Wildman–Crippen LogP) is 11.0. The zero-order chi connectivity index (χ0) is 34.7. The van der Waals surface area contributed by atoms with Gasteiger partial charge in [-0.2, -0.15) is 21.0 Å². The summed E-state index contributed by atoms with van der Waals surface area (Å²) in [5.74, 6) is 0. The lowest BCUT2D eigenvalue weighted by atomic mass is 10.1. The molecule has 2 aromatic heterocycles. The molecule has 0 saturated carbocycles. The molecule has 0 unspecified atom stereocenters. The Morgan fingerprint density at radius 1 is 0.440 bits per heavy atom. The van der Waals surface area contributed by atoms with Crippen LogP contribution in [0.25, 0.3) is 33.0 Å². The molecule has 0 N–H and O–H groups in total. The maximum atomic E-state index is 9.13. The Balaban J connectivity index is 1.25. The largest absolute Gasteiger partial charge is 0.340 e. The van der Waals surface area contributed by atoms with E-state index in [1.54, 1.807) is 34.8 Å². The molecule has 0 aliphatic rings. The number of thiophene rings is 2. The van der Waals surface area contributed by atoms with Crippen molar-refractivity contribution in [3.63, 3.8) is 0 Å². The van der Waals surface area contributed by atoms with E-state index in [2.05, 4.69) is 107 Å². The third kappa shape index (κ3) is 7.88. The molecule has 6 rings (SSSR count). The summed E-state index contributed by atoms with van der Waals surface area (Å²) in [5.41, 5.74) is 6.62. The molecule has 0 spiro atoms. The Hall–Kier alpha value is -6.68. The van der Waals surface area contributed by atoms with Crippen molar-refractivity contribution in [3.8, 4) is 45.2 Å². The lowest BCUT2D eigenvalue weighted by Gasteiger charge is -2.31. The van der Waals surface area contributed by atoms with E-state index in [0.717, 1.165) is 53.4 Å². The third-order valence-electron chi connectivity index (χ3n) is 7.92. The number of hydrogen-bond donors (Lipinski definition) is 0. The van der Waals surface area contributed by atoms with Crippen molar-refractivity contribution in [2.75, 3.05) is 22.9 Å². The quantitative estimate of drug-likeness (QED) is 0.126. The van der Waals surface area contributed by atoms with Crippen molar-refractivity contribution in [3.05, 3.63) is 154 Å². The standard InChI is InChI=1S/C42H28N6S2/c43-27-31(28-44)25-39-19-21-41(49-39)33-11-15-37(16-12-33)47(35-7-3-1-4-8-35)23-24-48(36-9-5-2-6-10-36)38-17-13-34(14-18-38)42-22-20-40(50-42)26-32(29-45)30-46/h1-22,25-26H,23-24H2. The molecule has 0 radical (unpaired) electrons. The van der Waals surface area contributed by atoms with Crippen LogP contribution in [0.4, 0.5) is 22.7 Å². The Labute approximate surface area is 299 Å². The first-order valence-electron chi connectivity index (χ1n) is 15.7. The van der Waals surface area contributed by atoms with Crippen molar-refractivity contribution >= 4 is 57.6 Å². The highest BCUT2D eigenvalue weighted by molar-refractivity contribution is 7.16. The molecular weight excluding hydrogens is 653 g/mol. The van der Waals surface area contributed by atoms with Gasteiger partial charge in [0.05, 0.1) is 0 Å². The van der Waals surface area contributed by atoms with Gasteiger partial charge in [0, 0.05) is 55.3 Å². The van der Waals surface area contributed by atoms with Crippen LogP contribution >= 0.6 is 22.7 Å². The first-order valence-corrected chi connectivity index (χ1v) is 17.3. The van der Waals surface area contributed by atoms with Gasteiger partial charge in [0.25, 0.3) is 0 Å². The Morgan fingerprint density at radius 2 is 0.780 bits per heavy atom. The van der Waals surface area contributed by atoms with Crippen LogP contribution in [0.2, 0.25) is 0 Å². The third-order valence-corrected chi connectivity index (χ3v) is 10.1. The van der Waals surface area contributed by atoms with E-state index < -0.39 is 0 Å². The van der Waals surface area contributed by atoms with E-state index in [0.29, 0.717) is 13.1 Å². The number of hydrogen-bond acceptors (Lipinski definition) is 8. The summed E-state index contributed by atoms with van der Waals surface area (Å²) < 4.78 is 0. The summed E-state index contributed by atoms with van der Waals surface area (Å²) in [4.78, 5) is 8.49. The van der Waals surface area contributed by atoms with Crippen LogP contribution in [-0.4, -0.2) is 13.1 Å².